The highest BCUT2D eigenvalue weighted by molar-refractivity contribution is 6.31. The first-order valence-corrected chi connectivity index (χ1v) is 8.27. The minimum Gasteiger partial charge on any atom is -0.488 e. The highest BCUT2D eigenvalue weighted by atomic mass is 35.5. The van der Waals surface area contributed by atoms with Gasteiger partial charge in [0.2, 0.25) is 0 Å². The highest BCUT2D eigenvalue weighted by Gasteiger charge is 2.07. The summed E-state index contributed by atoms with van der Waals surface area (Å²) >= 11 is 12.3. The maximum atomic E-state index is 6.17. The van der Waals surface area contributed by atoms with Crippen LogP contribution in [0.5, 0.6) is 5.75 Å². The summed E-state index contributed by atoms with van der Waals surface area (Å²) in [6.07, 6.45) is 1.75. The van der Waals surface area contributed by atoms with Crippen molar-refractivity contribution in [2.45, 2.75) is 13.2 Å². The Labute approximate surface area is 151 Å². The van der Waals surface area contributed by atoms with Crippen molar-refractivity contribution in [3.8, 4) is 5.75 Å². The maximum absolute atomic E-state index is 6.17. The number of hydrogen-bond acceptors (Lipinski definition) is 3. The Hall–Kier alpha value is -2.23. The van der Waals surface area contributed by atoms with Gasteiger partial charge in [-0.2, -0.15) is 0 Å². The molecule has 0 amide bonds. The van der Waals surface area contributed by atoms with E-state index < -0.39 is 0 Å². The fourth-order valence-electron chi connectivity index (χ4n) is 2.25. The van der Waals surface area contributed by atoms with Crippen LogP contribution in [0, 0.1) is 0 Å². The summed E-state index contributed by atoms with van der Waals surface area (Å²) in [4.78, 5) is 4.25. The summed E-state index contributed by atoms with van der Waals surface area (Å²) in [5.74, 6) is 1.57. The molecule has 0 aliphatic heterocycles. The van der Waals surface area contributed by atoms with Gasteiger partial charge in [-0.1, -0.05) is 47.5 Å². The number of aromatic nitrogens is 1. The van der Waals surface area contributed by atoms with Crippen LogP contribution in [0.4, 0.5) is 5.82 Å². The van der Waals surface area contributed by atoms with E-state index >= 15 is 0 Å². The van der Waals surface area contributed by atoms with E-state index in [4.69, 9.17) is 27.9 Å². The van der Waals surface area contributed by atoms with Gasteiger partial charge in [-0.05, 0) is 36.4 Å². The Balaban J connectivity index is 1.72. The summed E-state index contributed by atoms with van der Waals surface area (Å²) in [6, 6.07) is 18.9. The van der Waals surface area contributed by atoms with Crippen molar-refractivity contribution in [2.75, 3.05) is 5.32 Å². The second-order valence-electron chi connectivity index (χ2n) is 5.20. The van der Waals surface area contributed by atoms with Gasteiger partial charge in [0.15, 0.2) is 0 Å². The van der Waals surface area contributed by atoms with Gasteiger partial charge < -0.3 is 10.1 Å². The van der Waals surface area contributed by atoms with E-state index in [9.17, 15) is 0 Å². The van der Waals surface area contributed by atoms with Crippen molar-refractivity contribution in [2.24, 2.45) is 0 Å². The second kappa shape index (κ2) is 8.04. The first-order valence-electron chi connectivity index (χ1n) is 7.52. The quantitative estimate of drug-likeness (QED) is 0.624. The van der Waals surface area contributed by atoms with Crippen LogP contribution in [-0.2, 0) is 13.2 Å². The Kier molecular flexibility index (Phi) is 5.57. The van der Waals surface area contributed by atoms with Crippen molar-refractivity contribution in [3.63, 3.8) is 0 Å². The summed E-state index contributed by atoms with van der Waals surface area (Å²) in [6.45, 7) is 0.966. The number of halogens is 2. The molecule has 1 heterocycles. The number of nitrogens with one attached hydrogen (secondary N) is 1. The fraction of sp³-hybridized carbons (Fsp3) is 0.105. The average molecular weight is 359 g/mol. The van der Waals surface area contributed by atoms with Crippen LogP contribution in [-0.4, -0.2) is 4.98 Å². The third-order valence-corrected chi connectivity index (χ3v) is 4.09. The standard InChI is InChI=1S/C19H16Cl2N2O/c20-16-8-9-18(24-13-14-5-1-2-6-17(14)21)15(11-16)12-23-19-7-3-4-10-22-19/h1-11H,12-13H2,(H,22,23). The third-order valence-electron chi connectivity index (χ3n) is 3.49. The first-order chi connectivity index (χ1) is 11.7. The largest absolute Gasteiger partial charge is 0.488 e. The topological polar surface area (TPSA) is 34.1 Å². The van der Waals surface area contributed by atoms with Gasteiger partial charge in [0.25, 0.3) is 0 Å². The van der Waals surface area contributed by atoms with E-state index in [1.165, 1.54) is 0 Å². The van der Waals surface area contributed by atoms with Crippen LogP contribution in [0.25, 0.3) is 0 Å². The molecule has 0 spiro atoms. The lowest BCUT2D eigenvalue weighted by atomic mass is 10.2. The lowest BCUT2D eigenvalue weighted by molar-refractivity contribution is 0.303. The van der Waals surface area contributed by atoms with Crippen LogP contribution in [0.15, 0.2) is 66.9 Å². The molecule has 0 aliphatic rings. The second-order valence-corrected chi connectivity index (χ2v) is 6.04. The minimum absolute atomic E-state index is 0.401. The molecule has 3 nitrogen and oxygen atoms in total. The molecule has 1 N–H and O–H groups in total. The van der Waals surface area contributed by atoms with E-state index in [2.05, 4.69) is 10.3 Å². The van der Waals surface area contributed by atoms with Crippen LogP contribution in [0.3, 0.4) is 0 Å². The number of pyridine rings is 1. The van der Waals surface area contributed by atoms with Crippen molar-refractivity contribution in [1.82, 2.24) is 4.98 Å². The zero-order valence-corrected chi connectivity index (χ0v) is 14.4. The van der Waals surface area contributed by atoms with E-state index in [0.717, 1.165) is 22.7 Å². The Bertz CT molecular complexity index is 809. The molecule has 24 heavy (non-hydrogen) atoms. The predicted molar refractivity (Wildman–Crippen MR) is 98.8 cm³/mol. The molecule has 0 atom stereocenters. The average Bonchev–Trinajstić information content (AvgIpc) is 2.61. The van der Waals surface area contributed by atoms with Crippen LogP contribution >= 0.6 is 23.2 Å². The van der Waals surface area contributed by atoms with E-state index in [1.54, 1.807) is 6.20 Å². The van der Waals surface area contributed by atoms with Crippen LogP contribution in [0.2, 0.25) is 10.0 Å². The minimum atomic E-state index is 0.401. The van der Waals surface area contributed by atoms with E-state index in [0.29, 0.717) is 23.2 Å². The normalized spacial score (nSPS) is 10.4. The molecule has 0 aliphatic carbocycles. The molecule has 0 saturated carbocycles. The van der Waals surface area contributed by atoms with Gasteiger partial charge in [-0.25, -0.2) is 4.98 Å². The van der Waals surface area contributed by atoms with Crippen molar-refractivity contribution in [3.05, 3.63) is 88.0 Å². The molecule has 122 valence electrons. The highest BCUT2D eigenvalue weighted by Crippen LogP contribution is 2.26. The fourth-order valence-corrected chi connectivity index (χ4v) is 2.64. The molecule has 5 heteroatoms. The molecule has 0 radical (unpaired) electrons. The first kappa shape index (κ1) is 16.6. The third kappa shape index (κ3) is 4.40. The molecule has 3 aromatic rings. The van der Waals surface area contributed by atoms with Crippen LogP contribution < -0.4 is 10.1 Å². The maximum Gasteiger partial charge on any atom is 0.126 e. The molecule has 0 fully saturated rings. The number of anilines is 1. The lowest BCUT2D eigenvalue weighted by Gasteiger charge is -2.13. The Morgan fingerprint density at radius 2 is 1.75 bits per heavy atom. The Morgan fingerprint density at radius 3 is 2.54 bits per heavy atom. The summed E-state index contributed by atoms with van der Waals surface area (Å²) in [7, 11) is 0. The summed E-state index contributed by atoms with van der Waals surface area (Å²) in [5, 5.41) is 4.62. The van der Waals surface area contributed by atoms with Gasteiger partial charge in [0.05, 0.1) is 0 Å². The predicted octanol–water partition coefficient (Wildman–Crippen LogP) is 5.58. The molecular weight excluding hydrogens is 343 g/mol. The molecular formula is C19H16Cl2N2O. The summed E-state index contributed by atoms with van der Waals surface area (Å²) < 4.78 is 5.94. The van der Waals surface area contributed by atoms with Crippen molar-refractivity contribution >= 4 is 29.0 Å². The van der Waals surface area contributed by atoms with Gasteiger partial charge >= 0.3 is 0 Å². The number of hydrogen-bond donors (Lipinski definition) is 1. The number of benzene rings is 2. The number of ether oxygens (including phenoxy) is 1. The van der Waals surface area contributed by atoms with Crippen LogP contribution in [0.1, 0.15) is 11.1 Å². The summed E-state index contributed by atoms with van der Waals surface area (Å²) in [5.41, 5.74) is 1.90. The van der Waals surface area contributed by atoms with Gasteiger partial charge in [-0.3, -0.25) is 0 Å². The Morgan fingerprint density at radius 1 is 0.917 bits per heavy atom. The number of rotatable bonds is 6. The molecule has 0 saturated heterocycles. The molecule has 2 aromatic carbocycles. The van der Waals surface area contributed by atoms with E-state index in [1.807, 2.05) is 60.7 Å². The molecule has 0 bridgehead atoms. The van der Waals surface area contributed by atoms with Crippen molar-refractivity contribution in [1.29, 1.82) is 0 Å². The SMILES string of the molecule is Clc1ccc(OCc2ccccc2Cl)c(CNc2ccccn2)c1. The lowest BCUT2D eigenvalue weighted by Crippen LogP contribution is -2.05. The van der Waals surface area contributed by atoms with E-state index in [-0.39, 0.29) is 0 Å². The van der Waals surface area contributed by atoms with Gasteiger partial charge in [0, 0.05) is 33.9 Å². The van der Waals surface area contributed by atoms with Crippen molar-refractivity contribution < 1.29 is 4.74 Å². The zero-order chi connectivity index (χ0) is 16.8. The van der Waals surface area contributed by atoms with Gasteiger partial charge in [0.1, 0.15) is 18.2 Å². The molecule has 0 unspecified atom stereocenters. The zero-order valence-electron chi connectivity index (χ0n) is 12.9. The smallest absolute Gasteiger partial charge is 0.126 e. The number of nitrogens with zero attached hydrogens (tertiary/aromatic N) is 1. The monoisotopic (exact) mass is 358 g/mol. The van der Waals surface area contributed by atoms with Gasteiger partial charge in [-0.15, -0.1) is 0 Å². The molecule has 1 aromatic heterocycles. The molecule has 3 rings (SSSR count).